The number of pyridine rings is 1. The molecule has 0 unspecified atom stereocenters. The van der Waals surface area contributed by atoms with Gasteiger partial charge >= 0.3 is 0 Å². The molecule has 0 amide bonds. The molecule has 0 fully saturated rings. The number of hydrogen-bond donors (Lipinski definition) is 1. The zero-order chi connectivity index (χ0) is 13.2. The predicted molar refractivity (Wildman–Crippen MR) is 80.0 cm³/mol. The summed E-state index contributed by atoms with van der Waals surface area (Å²) in [5.41, 5.74) is 2.85. The third-order valence-electron chi connectivity index (χ3n) is 2.64. The Morgan fingerprint density at radius 3 is 2.63 bits per heavy atom. The van der Waals surface area contributed by atoms with Crippen LogP contribution in [0.25, 0.3) is 5.65 Å². The summed E-state index contributed by atoms with van der Waals surface area (Å²) < 4.78 is 3.60. The van der Waals surface area contributed by atoms with Gasteiger partial charge in [0.05, 0.1) is 36.5 Å². The van der Waals surface area contributed by atoms with E-state index in [4.69, 9.17) is 0 Å². The van der Waals surface area contributed by atoms with Crippen molar-refractivity contribution in [2.24, 2.45) is 0 Å². The Morgan fingerprint density at radius 1 is 1.00 bits per heavy atom. The minimum Gasteiger partial charge on any atom is -0.378 e. The van der Waals surface area contributed by atoms with E-state index in [1.165, 1.54) is 0 Å². The second-order valence-electron chi connectivity index (χ2n) is 3.91. The van der Waals surface area contributed by atoms with Crippen LogP contribution in [-0.4, -0.2) is 19.4 Å². The van der Waals surface area contributed by atoms with E-state index >= 15 is 0 Å². The molecule has 0 aliphatic heterocycles. The van der Waals surface area contributed by atoms with Crippen LogP contribution < -0.4 is 5.32 Å². The van der Waals surface area contributed by atoms with Gasteiger partial charge in [0.25, 0.3) is 0 Å². The molecule has 0 aliphatic rings. The second-order valence-corrected chi connectivity index (χ2v) is 5.54. The Labute approximate surface area is 126 Å². The smallest absolute Gasteiger partial charge is 0.155 e. The Morgan fingerprint density at radius 2 is 1.84 bits per heavy atom. The fourth-order valence-electron chi connectivity index (χ4n) is 1.72. The lowest BCUT2D eigenvalue weighted by Gasteiger charge is -2.06. The molecule has 19 heavy (non-hydrogen) atoms. The number of rotatable bonds is 3. The monoisotopic (exact) mass is 381 g/mol. The summed E-state index contributed by atoms with van der Waals surface area (Å²) in [4.78, 5) is 12.6. The van der Waals surface area contributed by atoms with Gasteiger partial charge in [0, 0.05) is 6.20 Å². The maximum atomic E-state index is 4.30. The fraction of sp³-hybridized carbons (Fsp3) is 0.0833. The fourth-order valence-corrected chi connectivity index (χ4v) is 2.26. The van der Waals surface area contributed by atoms with Gasteiger partial charge in [0.15, 0.2) is 5.65 Å². The van der Waals surface area contributed by atoms with E-state index in [0.717, 1.165) is 26.2 Å². The minimum absolute atomic E-state index is 0.668. The van der Waals surface area contributed by atoms with Crippen LogP contribution >= 0.6 is 31.9 Å². The number of fused-ring (bicyclic) bond motifs is 1. The first-order chi connectivity index (χ1) is 9.22. The summed E-state index contributed by atoms with van der Waals surface area (Å²) >= 11 is 6.67. The SMILES string of the molecule is Brc1ccc(NCc2cnc3cnc(Br)cn23)cn1. The van der Waals surface area contributed by atoms with Crippen LogP contribution in [0.4, 0.5) is 5.69 Å². The molecule has 5 nitrogen and oxygen atoms in total. The highest BCUT2D eigenvalue weighted by atomic mass is 79.9. The molecule has 0 aromatic carbocycles. The number of nitrogens with zero attached hydrogens (tertiary/aromatic N) is 4. The second kappa shape index (κ2) is 5.26. The van der Waals surface area contributed by atoms with Gasteiger partial charge in [-0.3, -0.25) is 4.40 Å². The molecule has 3 aromatic heterocycles. The largest absolute Gasteiger partial charge is 0.378 e. The molecule has 3 aromatic rings. The zero-order valence-corrected chi connectivity index (χ0v) is 12.9. The van der Waals surface area contributed by atoms with Gasteiger partial charge in [-0.1, -0.05) is 0 Å². The van der Waals surface area contributed by atoms with Crippen molar-refractivity contribution in [3.8, 4) is 0 Å². The molecule has 3 rings (SSSR count). The van der Waals surface area contributed by atoms with Crippen molar-refractivity contribution in [2.75, 3.05) is 5.32 Å². The number of hydrogen-bond acceptors (Lipinski definition) is 4. The van der Waals surface area contributed by atoms with Crippen LogP contribution in [0.15, 0.2) is 46.1 Å². The van der Waals surface area contributed by atoms with Gasteiger partial charge < -0.3 is 5.32 Å². The molecular weight excluding hydrogens is 374 g/mol. The van der Waals surface area contributed by atoms with Crippen LogP contribution in [0, 0.1) is 0 Å². The molecule has 0 saturated heterocycles. The first-order valence-corrected chi connectivity index (χ1v) is 7.14. The van der Waals surface area contributed by atoms with Gasteiger partial charge in [-0.2, -0.15) is 0 Å². The standard InChI is InChI=1S/C12H9Br2N5/c13-10-2-1-8(3-16-10)15-4-9-5-18-12-6-17-11(14)7-19(9)12/h1-3,5-7,15H,4H2. The van der Waals surface area contributed by atoms with E-state index in [2.05, 4.69) is 52.1 Å². The number of anilines is 1. The molecule has 3 heterocycles. The summed E-state index contributed by atoms with van der Waals surface area (Å²) in [7, 11) is 0. The maximum Gasteiger partial charge on any atom is 0.155 e. The first-order valence-electron chi connectivity index (χ1n) is 5.55. The summed E-state index contributed by atoms with van der Waals surface area (Å²) in [6.45, 7) is 0.668. The van der Waals surface area contributed by atoms with E-state index < -0.39 is 0 Å². The topological polar surface area (TPSA) is 55.1 Å². The molecule has 1 N–H and O–H groups in total. The number of imidazole rings is 1. The lowest BCUT2D eigenvalue weighted by atomic mass is 10.4. The van der Waals surface area contributed by atoms with Crippen LogP contribution in [0.1, 0.15) is 5.69 Å². The van der Waals surface area contributed by atoms with Gasteiger partial charge in [0.1, 0.15) is 9.21 Å². The highest BCUT2D eigenvalue weighted by Gasteiger charge is 2.04. The molecule has 0 aliphatic carbocycles. The minimum atomic E-state index is 0.668. The number of aromatic nitrogens is 4. The highest BCUT2D eigenvalue weighted by Crippen LogP contribution is 2.14. The molecule has 96 valence electrons. The predicted octanol–water partition coefficient (Wildman–Crippen LogP) is 3.26. The summed E-state index contributed by atoms with van der Waals surface area (Å²) in [5, 5.41) is 3.31. The van der Waals surface area contributed by atoms with Gasteiger partial charge in [0.2, 0.25) is 0 Å². The summed E-state index contributed by atoms with van der Waals surface area (Å²) in [6, 6.07) is 3.87. The Hall–Kier alpha value is -1.47. The third-order valence-corrected chi connectivity index (χ3v) is 3.52. The van der Waals surface area contributed by atoms with Crippen molar-refractivity contribution >= 4 is 43.2 Å². The van der Waals surface area contributed by atoms with Crippen LogP contribution in [0.2, 0.25) is 0 Å². The molecule has 7 heteroatoms. The quantitative estimate of drug-likeness (QED) is 0.706. The highest BCUT2D eigenvalue weighted by molar-refractivity contribution is 9.10. The van der Waals surface area contributed by atoms with Crippen molar-refractivity contribution in [1.29, 1.82) is 0 Å². The molecule has 0 spiro atoms. The van der Waals surface area contributed by atoms with Crippen molar-refractivity contribution in [2.45, 2.75) is 6.54 Å². The zero-order valence-electron chi connectivity index (χ0n) is 9.72. The Bertz CT molecular complexity index is 708. The molecule has 0 radical (unpaired) electrons. The number of halogens is 2. The lowest BCUT2D eigenvalue weighted by molar-refractivity contribution is 0.981. The van der Waals surface area contributed by atoms with Gasteiger partial charge in [-0.25, -0.2) is 15.0 Å². The molecule has 0 saturated carbocycles. The van der Waals surface area contributed by atoms with Crippen LogP contribution in [-0.2, 0) is 6.54 Å². The van der Waals surface area contributed by atoms with E-state index in [9.17, 15) is 0 Å². The summed E-state index contributed by atoms with van der Waals surface area (Å²) in [5.74, 6) is 0. The van der Waals surface area contributed by atoms with Crippen molar-refractivity contribution in [3.63, 3.8) is 0 Å². The average Bonchev–Trinajstić information content (AvgIpc) is 2.80. The molecular formula is C12H9Br2N5. The van der Waals surface area contributed by atoms with Crippen molar-refractivity contribution in [3.05, 3.63) is 51.8 Å². The van der Waals surface area contributed by atoms with Crippen LogP contribution in [0.5, 0.6) is 0 Å². The Kier molecular flexibility index (Phi) is 3.48. The lowest BCUT2D eigenvalue weighted by Crippen LogP contribution is -2.03. The average molecular weight is 383 g/mol. The van der Waals surface area contributed by atoms with E-state index in [-0.39, 0.29) is 0 Å². The van der Waals surface area contributed by atoms with E-state index in [0.29, 0.717) is 6.54 Å². The molecule has 0 atom stereocenters. The van der Waals surface area contributed by atoms with E-state index in [1.54, 1.807) is 12.4 Å². The normalized spacial score (nSPS) is 10.8. The summed E-state index contributed by atoms with van der Waals surface area (Å²) in [6.07, 6.45) is 7.25. The third kappa shape index (κ3) is 2.76. The van der Waals surface area contributed by atoms with Gasteiger partial charge in [-0.05, 0) is 44.0 Å². The number of nitrogens with one attached hydrogen (secondary N) is 1. The van der Waals surface area contributed by atoms with Crippen molar-refractivity contribution in [1.82, 2.24) is 19.4 Å². The Balaban J connectivity index is 1.81. The van der Waals surface area contributed by atoms with Gasteiger partial charge in [-0.15, -0.1) is 0 Å². The van der Waals surface area contributed by atoms with Crippen LogP contribution in [0.3, 0.4) is 0 Å². The van der Waals surface area contributed by atoms with Crippen molar-refractivity contribution < 1.29 is 0 Å². The van der Waals surface area contributed by atoms with E-state index in [1.807, 2.05) is 28.9 Å². The first kappa shape index (κ1) is 12.6. The maximum absolute atomic E-state index is 4.30. The molecule has 0 bridgehead atoms.